The highest BCUT2D eigenvalue weighted by Crippen LogP contribution is 2.45. The van der Waals surface area contributed by atoms with Gasteiger partial charge in [-0.2, -0.15) is 0 Å². The molecule has 0 spiro atoms. The van der Waals surface area contributed by atoms with E-state index in [9.17, 15) is 0 Å². The van der Waals surface area contributed by atoms with E-state index in [0.717, 1.165) is 47.6 Å². The number of hydrogen-bond acceptors (Lipinski definition) is 2. The minimum Gasteiger partial charge on any atom is -0.232 e. The minimum absolute atomic E-state index is 0.209. The van der Waals surface area contributed by atoms with Gasteiger partial charge in [0.05, 0.1) is 11.4 Å². The highest BCUT2D eigenvalue weighted by molar-refractivity contribution is 6.25. The predicted octanol–water partition coefficient (Wildman–Crippen LogP) is 14.8. The van der Waals surface area contributed by atoms with Gasteiger partial charge in [-0.25, -0.2) is 9.98 Å². The third kappa shape index (κ3) is 6.01. The fourth-order valence-corrected chi connectivity index (χ4v) is 10.4. The summed E-state index contributed by atoms with van der Waals surface area (Å²) in [5.41, 5.74) is 17.2. The van der Waals surface area contributed by atoms with Gasteiger partial charge in [0.15, 0.2) is 5.84 Å². The maximum Gasteiger partial charge on any atom is 0.160 e. The van der Waals surface area contributed by atoms with E-state index in [1.807, 2.05) is 0 Å². The number of rotatable bonds is 5. The molecule has 12 rings (SSSR count). The molecule has 61 heavy (non-hydrogen) atoms. The highest BCUT2D eigenvalue weighted by Gasteiger charge is 2.28. The van der Waals surface area contributed by atoms with E-state index >= 15 is 0 Å². The fourth-order valence-electron chi connectivity index (χ4n) is 10.4. The molecule has 3 aliphatic rings. The maximum atomic E-state index is 5.48. The van der Waals surface area contributed by atoms with Gasteiger partial charge in [0, 0.05) is 29.0 Å². The third-order valence-corrected chi connectivity index (χ3v) is 13.2. The molecule has 288 valence electrons. The molecule has 2 aliphatic carbocycles. The van der Waals surface area contributed by atoms with E-state index in [-0.39, 0.29) is 5.92 Å². The Balaban J connectivity index is 0.992. The Morgan fingerprint density at radius 3 is 1.97 bits per heavy atom. The van der Waals surface area contributed by atoms with Crippen LogP contribution in [0.2, 0.25) is 0 Å². The van der Waals surface area contributed by atoms with E-state index in [0.29, 0.717) is 6.42 Å². The fraction of sp³-hybridized carbons (Fsp3) is 0.0847. The summed E-state index contributed by atoms with van der Waals surface area (Å²) in [6.07, 6.45) is 10.8. The van der Waals surface area contributed by atoms with Crippen LogP contribution in [0.25, 0.3) is 66.3 Å². The number of nitrogens with zero attached hydrogens (tertiary/aromatic N) is 2. The van der Waals surface area contributed by atoms with Crippen molar-refractivity contribution in [3.63, 3.8) is 0 Å². The lowest BCUT2D eigenvalue weighted by atomic mass is 9.74. The zero-order valence-electron chi connectivity index (χ0n) is 33.9. The zero-order chi connectivity index (χ0) is 40.3. The van der Waals surface area contributed by atoms with Gasteiger partial charge < -0.3 is 0 Å². The largest absolute Gasteiger partial charge is 0.232 e. The Bertz CT molecular complexity index is 3360. The highest BCUT2D eigenvalue weighted by atomic mass is 14.9. The average Bonchev–Trinajstić information content (AvgIpc) is 3.57. The summed E-state index contributed by atoms with van der Waals surface area (Å²) >= 11 is 0. The van der Waals surface area contributed by atoms with Gasteiger partial charge in [0.25, 0.3) is 0 Å². The minimum atomic E-state index is 0.209. The van der Waals surface area contributed by atoms with Crippen LogP contribution in [0, 0.1) is 0 Å². The standard InChI is InChI=1S/C59H42N2/c1-2-17-38(18-3-1)59-60-56(33-34-57(61-59)50-30-13-10-28-48(50)54-36-40-19-4-5-22-42(40)43-23-6-8-26-46(43)54)41-21-16-20-39(35-41)53-37-55-47-27-9-7-24-44(47)45-25-11-14-31-51(45)58(55)52-32-15-12-29-49(52)53/h1-10,12-24,26-33,35,37,54H,11,25,34,36H2/t54-/m1/s1. The number of hydrogen-bond donors (Lipinski definition) is 0. The number of aryl methyl sites for hydroxylation is 1. The first-order valence-corrected chi connectivity index (χ1v) is 21.6. The second kappa shape index (κ2) is 14.7. The van der Waals surface area contributed by atoms with E-state index in [4.69, 9.17) is 9.98 Å². The average molecular weight is 779 g/mol. The van der Waals surface area contributed by atoms with Crippen LogP contribution < -0.4 is 0 Å². The second-order valence-corrected chi connectivity index (χ2v) is 16.6. The van der Waals surface area contributed by atoms with Crippen LogP contribution in [0.1, 0.15) is 63.3 Å². The molecule has 0 saturated heterocycles. The van der Waals surface area contributed by atoms with Crippen LogP contribution in [-0.2, 0) is 12.8 Å². The Labute approximate surface area is 356 Å². The van der Waals surface area contributed by atoms with Crippen molar-refractivity contribution in [2.45, 2.75) is 31.6 Å². The predicted molar refractivity (Wildman–Crippen MR) is 258 cm³/mol. The maximum absolute atomic E-state index is 5.48. The molecular formula is C59H42N2. The van der Waals surface area contributed by atoms with Crippen LogP contribution >= 0.6 is 0 Å². The van der Waals surface area contributed by atoms with Crippen LogP contribution in [0.4, 0.5) is 0 Å². The van der Waals surface area contributed by atoms with Crippen molar-refractivity contribution in [3.8, 4) is 22.3 Å². The number of fused-ring (bicyclic) bond motifs is 11. The number of benzene rings is 9. The summed E-state index contributed by atoms with van der Waals surface area (Å²) in [5, 5.41) is 7.91. The van der Waals surface area contributed by atoms with Gasteiger partial charge in [0.2, 0.25) is 0 Å². The Morgan fingerprint density at radius 2 is 1.11 bits per heavy atom. The van der Waals surface area contributed by atoms with E-state index < -0.39 is 0 Å². The summed E-state index contributed by atoms with van der Waals surface area (Å²) in [7, 11) is 0. The monoisotopic (exact) mass is 778 g/mol. The number of aliphatic imine (C=N–C) groups is 2. The lowest BCUT2D eigenvalue weighted by Crippen LogP contribution is -2.16. The SMILES string of the molecule is C1=Cc2c(c3ccccc3c3cc(-c4cccc(C5=CCC(c6ccccc6[C@@H]6Cc7ccccc7-c7ccccc76)=NC(c6ccccc6)=N5)c4)c4ccccc4c23)CC1. The van der Waals surface area contributed by atoms with Gasteiger partial charge in [-0.3, -0.25) is 0 Å². The summed E-state index contributed by atoms with van der Waals surface area (Å²) in [5.74, 6) is 0.940. The van der Waals surface area contributed by atoms with E-state index in [1.54, 1.807) is 0 Å². The van der Waals surface area contributed by atoms with Crippen molar-refractivity contribution in [3.05, 3.63) is 239 Å². The van der Waals surface area contributed by atoms with Crippen molar-refractivity contribution in [1.82, 2.24) is 0 Å². The van der Waals surface area contributed by atoms with Crippen molar-refractivity contribution in [2.24, 2.45) is 9.98 Å². The summed E-state index contributed by atoms with van der Waals surface area (Å²) in [6, 6.07) is 66.6. The number of allylic oxidation sites excluding steroid dienone is 2. The molecule has 1 atom stereocenters. The zero-order valence-corrected chi connectivity index (χ0v) is 33.9. The van der Waals surface area contributed by atoms with Gasteiger partial charge in [0.1, 0.15) is 0 Å². The van der Waals surface area contributed by atoms with Crippen molar-refractivity contribution in [2.75, 3.05) is 0 Å². The lowest BCUT2D eigenvalue weighted by molar-refractivity contribution is 0.792. The van der Waals surface area contributed by atoms with Gasteiger partial charge in [-0.15, -0.1) is 0 Å². The molecule has 0 bridgehead atoms. The normalized spacial score (nSPS) is 15.7. The lowest BCUT2D eigenvalue weighted by Gasteiger charge is -2.29. The van der Waals surface area contributed by atoms with E-state index in [2.05, 4.69) is 200 Å². The first-order valence-electron chi connectivity index (χ1n) is 21.6. The molecule has 2 heteroatoms. The summed E-state index contributed by atoms with van der Waals surface area (Å²) < 4.78 is 0. The molecular weight excluding hydrogens is 737 g/mol. The molecule has 9 aromatic rings. The molecule has 0 N–H and O–H groups in total. The second-order valence-electron chi connectivity index (χ2n) is 16.6. The van der Waals surface area contributed by atoms with Crippen molar-refractivity contribution < 1.29 is 0 Å². The molecule has 0 amide bonds. The van der Waals surface area contributed by atoms with Crippen LogP contribution in [0.3, 0.4) is 0 Å². The van der Waals surface area contributed by atoms with E-state index in [1.165, 1.54) is 88.0 Å². The van der Waals surface area contributed by atoms with Crippen LogP contribution in [0.15, 0.2) is 204 Å². The Morgan fingerprint density at radius 1 is 0.459 bits per heavy atom. The molecule has 9 aromatic carbocycles. The molecule has 1 aliphatic heterocycles. The molecule has 2 nitrogen and oxygen atoms in total. The third-order valence-electron chi connectivity index (χ3n) is 13.2. The topological polar surface area (TPSA) is 24.7 Å². The summed E-state index contributed by atoms with van der Waals surface area (Å²) in [4.78, 5) is 10.9. The Hall–Kier alpha value is -7.42. The van der Waals surface area contributed by atoms with Crippen molar-refractivity contribution >= 4 is 55.6 Å². The molecule has 0 fully saturated rings. The molecule has 0 saturated carbocycles. The first-order chi connectivity index (χ1) is 30.3. The van der Waals surface area contributed by atoms with Crippen LogP contribution in [0.5, 0.6) is 0 Å². The molecule has 0 aromatic heterocycles. The quantitative estimate of drug-likeness (QED) is 0.156. The van der Waals surface area contributed by atoms with Crippen molar-refractivity contribution in [1.29, 1.82) is 0 Å². The van der Waals surface area contributed by atoms with Gasteiger partial charge in [-0.1, -0.05) is 188 Å². The summed E-state index contributed by atoms with van der Waals surface area (Å²) in [6.45, 7) is 0. The molecule has 0 unspecified atom stereocenters. The van der Waals surface area contributed by atoms with Gasteiger partial charge >= 0.3 is 0 Å². The molecule has 0 radical (unpaired) electrons. The van der Waals surface area contributed by atoms with Gasteiger partial charge in [-0.05, 0) is 114 Å². The number of amidine groups is 1. The molecule has 1 heterocycles. The first kappa shape index (κ1) is 35.5. The Kier molecular flexibility index (Phi) is 8.55. The smallest absolute Gasteiger partial charge is 0.160 e. The van der Waals surface area contributed by atoms with Crippen LogP contribution in [-0.4, -0.2) is 11.5 Å².